The van der Waals surface area contributed by atoms with Gasteiger partial charge < -0.3 is 10.2 Å². The summed E-state index contributed by atoms with van der Waals surface area (Å²) in [5.41, 5.74) is 2.28. The molecular weight excluding hydrogens is 176 g/mol. The zero-order valence-electron chi connectivity index (χ0n) is 8.19. The molecule has 14 heavy (non-hydrogen) atoms. The van der Waals surface area contributed by atoms with Crippen LogP contribution in [0.5, 0.6) is 0 Å². The van der Waals surface area contributed by atoms with Gasteiger partial charge in [0.1, 0.15) is 0 Å². The van der Waals surface area contributed by atoms with Crippen LogP contribution in [-0.2, 0) is 0 Å². The van der Waals surface area contributed by atoms with Gasteiger partial charge >= 0.3 is 0 Å². The first-order chi connectivity index (χ1) is 6.83. The van der Waals surface area contributed by atoms with Crippen molar-refractivity contribution in [1.82, 2.24) is 0 Å². The average Bonchev–Trinajstić information content (AvgIpc) is 2.23. The number of hydrogen-bond acceptors (Lipinski definition) is 2. The first-order valence-corrected chi connectivity index (χ1v) is 5.20. The second-order valence-electron chi connectivity index (χ2n) is 3.93. The molecule has 1 aromatic carbocycles. The number of aliphatic hydroxyl groups is 2. The Labute approximate surface area is 84.2 Å². The highest BCUT2D eigenvalue weighted by Gasteiger charge is 2.24. The lowest BCUT2D eigenvalue weighted by atomic mass is 9.80. The zero-order valence-corrected chi connectivity index (χ0v) is 8.19. The van der Waals surface area contributed by atoms with E-state index >= 15 is 0 Å². The normalized spacial score (nSPS) is 25.9. The fourth-order valence-electron chi connectivity index (χ4n) is 2.31. The summed E-state index contributed by atoms with van der Waals surface area (Å²) < 4.78 is 0. The second kappa shape index (κ2) is 4.11. The summed E-state index contributed by atoms with van der Waals surface area (Å²) in [7, 11) is 0. The van der Waals surface area contributed by atoms with E-state index in [-0.39, 0.29) is 12.7 Å². The van der Waals surface area contributed by atoms with Gasteiger partial charge in [0.25, 0.3) is 0 Å². The van der Waals surface area contributed by atoms with Crippen molar-refractivity contribution in [2.24, 2.45) is 0 Å². The van der Waals surface area contributed by atoms with Gasteiger partial charge in [-0.3, -0.25) is 0 Å². The molecule has 0 fully saturated rings. The number of benzene rings is 1. The van der Waals surface area contributed by atoms with Crippen molar-refractivity contribution in [2.45, 2.75) is 31.3 Å². The molecule has 2 heteroatoms. The largest absolute Gasteiger partial charge is 0.396 e. The summed E-state index contributed by atoms with van der Waals surface area (Å²) in [4.78, 5) is 0. The predicted molar refractivity (Wildman–Crippen MR) is 55.1 cm³/mol. The van der Waals surface area contributed by atoms with E-state index in [0.29, 0.717) is 5.92 Å². The molecule has 1 aliphatic carbocycles. The summed E-state index contributed by atoms with van der Waals surface area (Å²) in [5.74, 6) is 0.430. The first kappa shape index (κ1) is 9.69. The van der Waals surface area contributed by atoms with E-state index in [4.69, 9.17) is 5.11 Å². The molecule has 1 aromatic rings. The van der Waals surface area contributed by atoms with Crippen molar-refractivity contribution in [2.75, 3.05) is 6.61 Å². The first-order valence-electron chi connectivity index (χ1n) is 5.20. The van der Waals surface area contributed by atoms with Gasteiger partial charge in [0.15, 0.2) is 0 Å². The van der Waals surface area contributed by atoms with Crippen molar-refractivity contribution in [1.29, 1.82) is 0 Å². The standard InChI is InChI=1S/C12H16O2/c13-8-7-9-5-6-12(14)11-4-2-1-3-10(9)11/h1-4,9,12-14H,5-8H2. The van der Waals surface area contributed by atoms with Crippen LogP contribution >= 0.6 is 0 Å². The smallest absolute Gasteiger partial charge is 0.0793 e. The molecule has 0 spiro atoms. The van der Waals surface area contributed by atoms with Gasteiger partial charge in [-0.05, 0) is 36.3 Å². The Hall–Kier alpha value is -0.860. The van der Waals surface area contributed by atoms with Crippen molar-refractivity contribution in [3.05, 3.63) is 35.4 Å². The Kier molecular flexibility index (Phi) is 2.85. The molecule has 0 saturated heterocycles. The van der Waals surface area contributed by atoms with E-state index in [0.717, 1.165) is 24.8 Å². The molecule has 0 aliphatic heterocycles. The maximum absolute atomic E-state index is 9.78. The Morgan fingerprint density at radius 2 is 1.86 bits per heavy atom. The number of hydrogen-bond donors (Lipinski definition) is 2. The van der Waals surface area contributed by atoms with E-state index in [9.17, 15) is 5.11 Å². The Bertz CT molecular complexity index is 309. The molecule has 2 nitrogen and oxygen atoms in total. The highest BCUT2D eigenvalue weighted by Crippen LogP contribution is 2.38. The Balaban J connectivity index is 2.31. The van der Waals surface area contributed by atoms with Crippen molar-refractivity contribution in [3.8, 4) is 0 Å². The van der Waals surface area contributed by atoms with Gasteiger partial charge in [-0.1, -0.05) is 24.3 Å². The quantitative estimate of drug-likeness (QED) is 0.752. The third-order valence-corrected chi connectivity index (χ3v) is 3.06. The van der Waals surface area contributed by atoms with Gasteiger partial charge in [-0.25, -0.2) is 0 Å². The zero-order chi connectivity index (χ0) is 9.97. The minimum atomic E-state index is -0.304. The van der Waals surface area contributed by atoms with Gasteiger partial charge in [0.05, 0.1) is 6.10 Å². The van der Waals surface area contributed by atoms with Gasteiger partial charge in [0, 0.05) is 6.61 Å². The van der Waals surface area contributed by atoms with E-state index in [2.05, 4.69) is 6.07 Å². The van der Waals surface area contributed by atoms with Crippen LogP contribution in [0, 0.1) is 0 Å². The number of rotatable bonds is 2. The highest BCUT2D eigenvalue weighted by molar-refractivity contribution is 5.34. The number of fused-ring (bicyclic) bond motifs is 1. The summed E-state index contributed by atoms with van der Waals surface area (Å²) in [6.45, 7) is 0.231. The molecule has 0 bridgehead atoms. The van der Waals surface area contributed by atoms with Gasteiger partial charge in [-0.2, -0.15) is 0 Å². The van der Waals surface area contributed by atoms with Crippen LogP contribution in [0.2, 0.25) is 0 Å². The molecule has 1 aliphatic rings. The van der Waals surface area contributed by atoms with E-state index in [1.54, 1.807) is 0 Å². The molecule has 76 valence electrons. The molecular formula is C12H16O2. The van der Waals surface area contributed by atoms with E-state index in [1.165, 1.54) is 5.56 Å². The molecule has 0 heterocycles. The lowest BCUT2D eigenvalue weighted by molar-refractivity contribution is 0.146. The minimum absolute atomic E-state index is 0.231. The average molecular weight is 192 g/mol. The lowest BCUT2D eigenvalue weighted by Crippen LogP contribution is -2.15. The third kappa shape index (κ3) is 1.68. The van der Waals surface area contributed by atoms with E-state index in [1.807, 2.05) is 18.2 Å². The van der Waals surface area contributed by atoms with Crippen LogP contribution in [0.25, 0.3) is 0 Å². The van der Waals surface area contributed by atoms with Crippen LogP contribution in [0.3, 0.4) is 0 Å². The molecule has 2 rings (SSSR count). The van der Waals surface area contributed by atoms with Crippen LogP contribution in [0.4, 0.5) is 0 Å². The number of aliphatic hydroxyl groups excluding tert-OH is 2. The maximum atomic E-state index is 9.78. The highest BCUT2D eigenvalue weighted by atomic mass is 16.3. The Morgan fingerprint density at radius 1 is 1.14 bits per heavy atom. The Morgan fingerprint density at radius 3 is 2.57 bits per heavy atom. The molecule has 2 unspecified atom stereocenters. The minimum Gasteiger partial charge on any atom is -0.396 e. The molecule has 2 N–H and O–H groups in total. The van der Waals surface area contributed by atoms with Gasteiger partial charge in [0.2, 0.25) is 0 Å². The second-order valence-corrected chi connectivity index (χ2v) is 3.93. The summed E-state index contributed by atoms with van der Waals surface area (Å²) in [5, 5.41) is 18.7. The fraction of sp³-hybridized carbons (Fsp3) is 0.500. The SMILES string of the molecule is OCCC1CCC(O)c2ccccc21. The lowest BCUT2D eigenvalue weighted by Gasteiger charge is -2.28. The predicted octanol–water partition coefficient (Wildman–Crippen LogP) is 1.98. The van der Waals surface area contributed by atoms with Crippen LogP contribution < -0.4 is 0 Å². The summed E-state index contributed by atoms with van der Waals surface area (Å²) >= 11 is 0. The molecule has 0 saturated carbocycles. The van der Waals surface area contributed by atoms with Crippen LogP contribution in [-0.4, -0.2) is 16.8 Å². The molecule has 0 aromatic heterocycles. The van der Waals surface area contributed by atoms with Crippen molar-refractivity contribution >= 4 is 0 Å². The van der Waals surface area contributed by atoms with Crippen molar-refractivity contribution in [3.63, 3.8) is 0 Å². The fourth-order valence-corrected chi connectivity index (χ4v) is 2.31. The molecule has 2 atom stereocenters. The maximum Gasteiger partial charge on any atom is 0.0793 e. The molecule has 0 amide bonds. The molecule has 0 radical (unpaired) electrons. The van der Waals surface area contributed by atoms with Crippen LogP contribution in [0.1, 0.15) is 42.4 Å². The van der Waals surface area contributed by atoms with Crippen molar-refractivity contribution < 1.29 is 10.2 Å². The summed E-state index contributed by atoms with van der Waals surface area (Å²) in [6.07, 6.45) is 2.31. The summed E-state index contributed by atoms with van der Waals surface area (Å²) in [6, 6.07) is 8.02. The van der Waals surface area contributed by atoms with Crippen LogP contribution in [0.15, 0.2) is 24.3 Å². The third-order valence-electron chi connectivity index (χ3n) is 3.06. The monoisotopic (exact) mass is 192 g/mol. The van der Waals surface area contributed by atoms with Gasteiger partial charge in [-0.15, -0.1) is 0 Å². The van der Waals surface area contributed by atoms with E-state index < -0.39 is 0 Å². The topological polar surface area (TPSA) is 40.5 Å².